The van der Waals surface area contributed by atoms with Gasteiger partial charge >= 0.3 is 0 Å². The maximum atomic E-state index is 12.9. The largest absolute Gasteiger partial charge is 0.355 e. The van der Waals surface area contributed by atoms with Crippen LogP contribution < -0.4 is 0 Å². The first-order valence-corrected chi connectivity index (χ1v) is 8.53. The molecule has 0 aliphatic carbocycles. The highest BCUT2D eigenvalue weighted by atomic mass is 16.5. The lowest BCUT2D eigenvalue weighted by atomic mass is 10.1. The summed E-state index contributed by atoms with van der Waals surface area (Å²) in [4.78, 5) is 14.8. The molecule has 25 heavy (non-hydrogen) atoms. The minimum absolute atomic E-state index is 0.0719. The van der Waals surface area contributed by atoms with Gasteiger partial charge in [0.15, 0.2) is 11.5 Å². The van der Waals surface area contributed by atoms with E-state index in [4.69, 9.17) is 4.52 Å². The molecule has 3 heterocycles. The molecule has 1 amide bonds. The van der Waals surface area contributed by atoms with E-state index in [1.54, 1.807) is 6.07 Å². The van der Waals surface area contributed by atoms with Gasteiger partial charge in [-0.2, -0.15) is 5.10 Å². The van der Waals surface area contributed by atoms with Crippen LogP contribution in [0, 0.1) is 6.92 Å². The molecule has 3 aromatic rings. The van der Waals surface area contributed by atoms with Gasteiger partial charge in [0.25, 0.3) is 5.91 Å². The number of amides is 1. The van der Waals surface area contributed by atoms with Crippen molar-refractivity contribution < 1.29 is 9.32 Å². The van der Waals surface area contributed by atoms with Gasteiger partial charge in [-0.1, -0.05) is 35.5 Å². The molecule has 128 valence electrons. The Bertz CT molecular complexity index is 868. The molecule has 0 N–H and O–H groups in total. The Morgan fingerprint density at radius 1 is 1.32 bits per heavy atom. The number of hydrogen-bond donors (Lipinski definition) is 0. The summed E-state index contributed by atoms with van der Waals surface area (Å²) in [6.45, 7) is 3.47. The minimum atomic E-state index is -0.0719. The quantitative estimate of drug-likeness (QED) is 0.734. The predicted molar refractivity (Wildman–Crippen MR) is 93.0 cm³/mol. The SMILES string of the molecule is Cc1cnn(C[C@H]2CCCN2C(=O)c2cc(-c3ccccc3)on2)c1. The fraction of sp³-hybridized carbons (Fsp3) is 0.316. The Kier molecular flexibility index (Phi) is 4.09. The van der Waals surface area contributed by atoms with Crippen LogP contribution in [0.3, 0.4) is 0 Å². The van der Waals surface area contributed by atoms with E-state index in [1.165, 1.54) is 0 Å². The average Bonchev–Trinajstić information content (AvgIpc) is 3.37. The van der Waals surface area contributed by atoms with Crippen molar-refractivity contribution in [3.63, 3.8) is 0 Å². The van der Waals surface area contributed by atoms with Crippen LogP contribution in [0.25, 0.3) is 11.3 Å². The van der Waals surface area contributed by atoms with Crippen LogP contribution in [-0.4, -0.2) is 38.3 Å². The highest BCUT2D eigenvalue weighted by Gasteiger charge is 2.31. The second kappa shape index (κ2) is 6.55. The van der Waals surface area contributed by atoms with Crippen molar-refractivity contribution in [3.8, 4) is 11.3 Å². The van der Waals surface area contributed by atoms with Crippen molar-refractivity contribution in [1.82, 2.24) is 19.8 Å². The number of carbonyl (C=O) groups is 1. The first kappa shape index (κ1) is 15.6. The molecule has 2 aromatic heterocycles. The summed E-state index contributed by atoms with van der Waals surface area (Å²) in [5, 5.41) is 8.33. The minimum Gasteiger partial charge on any atom is -0.355 e. The number of aromatic nitrogens is 3. The fourth-order valence-corrected chi connectivity index (χ4v) is 3.34. The molecule has 0 spiro atoms. The normalized spacial score (nSPS) is 17.2. The summed E-state index contributed by atoms with van der Waals surface area (Å²) in [5.74, 6) is 0.541. The molecule has 0 bridgehead atoms. The highest BCUT2D eigenvalue weighted by Crippen LogP contribution is 2.24. The predicted octanol–water partition coefficient (Wildman–Crippen LogP) is 3.15. The van der Waals surface area contributed by atoms with Crippen molar-refractivity contribution >= 4 is 5.91 Å². The van der Waals surface area contributed by atoms with Crippen molar-refractivity contribution in [2.45, 2.75) is 32.4 Å². The first-order valence-electron chi connectivity index (χ1n) is 8.53. The molecular formula is C19H20N4O2. The summed E-state index contributed by atoms with van der Waals surface area (Å²) in [5.41, 5.74) is 2.40. The number of benzene rings is 1. The van der Waals surface area contributed by atoms with Gasteiger partial charge in [-0.25, -0.2) is 0 Å². The second-order valence-corrected chi connectivity index (χ2v) is 6.48. The van der Waals surface area contributed by atoms with Gasteiger partial charge in [-0.15, -0.1) is 0 Å². The molecule has 0 unspecified atom stereocenters. The lowest BCUT2D eigenvalue weighted by molar-refractivity contribution is 0.0711. The Morgan fingerprint density at radius 2 is 2.16 bits per heavy atom. The molecule has 0 radical (unpaired) electrons. The Morgan fingerprint density at radius 3 is 2.92 bits per heavy atom. The van der Waals surface area contributed by atoms with E-state index in [0.29, 0.717) is 18.0 Å². The molecule has 1 aromatic carbocycles. The van der Waals surface area contributed by atoms with Gasteiger partial charge in [0, 0.05) is 24.4 Å². The number of aryl methyl sites for hydroxylation is 1. The van der Waals surface area contributed by atoms with Crippen LogP contribution in [0.15, 0.2) is 53.3 Å². The average molecular weight is 336 g/mol. The molecule has 1 saturated heterocycles. The molecule has 6 nitrogen and oxygen atoms in total. The van der Waals surface area contributed by atoms with Gasteiger partial charge in [0.1, 0.15) is 0 Å². The second-order valence-electron chi connectivity index (χ2n) is 6.48. The fourth-order valence-electron chi connectivity index (χ4n) is 3.34. The zero-order chi connectivity index (χ0) is 17.2. The number of likely N-dealkylation sites (tertiary alicyclic amines) is 1. The Balaban J connectivity index is 1.51. The molecule has 4 rings (SSSR count). The topological polar surface area (TPSA) is 64.2 Å². The van der Waals surface area contributed by atoms with Gasteiger partial charge < -0.3 is 9.42 Å². The summed E-state index contributed by atoms with van der Waals surface area (Å²) in [7, 11) is 0. The van der Waals surface area contributed by atoms with Crippen LogP contribution in [0.2, 0.25) is 0 Å². The van der Waals surface area contributed by atoms with Crippen molar-refractivity contribution in [1.29, 1.82) is 0 Å². The van der Waals surface area contributed by atoms with Gasteiger partial charge in [-0.05, 0) is 25.3 Å². The zero-order valence-corrected chi connectivity index (χ0v) is 14.1. The van der Waals surface area contributed by atoms with Crippen LogP contribution in [0.5, 0.6) is 0 Å². The van der Waals surface area contributed by atoms with Crippen molar-refractivity contribution in [2.24, 2.45) is 0 Å². The summed E-state index contributed by atoms with van der Waals surface area (Å²) in [6, 6.07) is 11.6. The molecule has 0 saturated carbocycles. The third kappa shape index (κ3) is 3.20. The third-order valence-electron chi connectivity index (χ3n) is 4.59. The van der Waals surface area contributed by atoms with Crippen LogP contribution >= 0.6 is 0 Å². The van der Waals surface area contributed by atoms with E-state index < -0.39 is 0 Å². The Labute approximate surface area is 146 Å². The van der Waals surface area contributed by atoms with Crippen LogP contribution in [-0.2, 0) is 6.54 Å². The number of rotatable bonds is 4. The number of hydrogen-bond acceptors (Lipinski definition) is 4. The van der Waals surface area contributed by atoms with E-state index in [0.717, 1.165) is 30.5 Å². The van der Waals surface area contributed by atoms with Crippen molar-refractivity contribution in [3.05, 3.63) is 60.0 Å². The maximum Gasteiger partial charge on any atom is 0.276 e. The molecule has 1 atom stereocenters. The molecule has 1 aliphatic rings. The summed E-state index contributed by atoms with van der Waals surface area (Å²) < 4.78 is 7.28. The van der Waals surface area contributed by atoms with E-state index in [-0.39, 0.29) is 11.9 Å². The smallest absolute Gasteiger partial charge is 0.276 e. The van der Waals surface area contributed by atoms with E-state index in [2.05, 4.69) is 10.3 Å². The number of nitrogens with zero attached hydrogens (tertiary/aromatic N) is 4. The van der Waals surface area contributed by atoms with Gasteiger partial charge in [0.05, 0.1) is 18.8 Å². The van der Waals surface area contributed by atoms with E-state index in [9.17, 15) is 4.79 Å². The summed E-state index contributed by atoms with van der Waals surface area (Å²) in [6.07, 6.45) is 5.82. The maximum absolute atomic E-state index is 12.9. The van der Waals surface area contributed by atoms with E-state index >= 15 is 0 Å². The summed E-state index contributed by atoms with van der Waals surface area (Å²) >= 11 is 0. The zero-order valence-electron chi connectivity index (χ0n) is 14.1. The standard InChI is InChI=1S/C19H20N4O2/c1-14-11-20-22(12-14)13-16-8-5-9-23(16)19(24)17-10-18(25-21-17)15-6-3-2-4-7-15/h2-4,6-7,10-12,16H,5,8-9,13H2,1H3/t16-/m1/s1. The first-order chi connectivity index (χ1) is 12.2. The van der Waals surface area contributed by atoms with Crippen LogP contribution in [0.4, 0.5) is 0 Å². The van der Waals surface area contributed by atoms with Gasteiger partial charge in [-0.3, -0.25) is 9.48 Å². The van der Waals surface area contributed by atoms with Gasteiger partial charge in [0.2, 0.25) is 0 Å². The lowest BCUT2D eigenvalue weighted by Gasteiger charge is -2.23. The molecule has 1 fully saturated rings. The molecular weight excluding hydrogens is 316 g/mol. The highest BCUT2D eigenvalue weighted by molar-refractivity contribution is 5.93. The third-order valence-corrected chi connectivity index (χ3v) is 4.59. The number of carbonyl (C=O) groups excluding carboxylic acids is 1. The van der Waals surface area contributed by atoms with Crippen LogP contribution in [0.1, 0.15) is 28.9 Å². The Hall–Kier alpha value is -2.89. The monoisotopic (exact) mass is 336 g/mol. The molecule has 6 heteroatoms. The molecule has 1 aliphatic heterocycles. The van der Waals surface area contributed by atoms with Crippen molar-refractivity contribution in [2.75, 3.05) is 6.54 Å². The van der Waals surface area contributed by atoms with E-state index in [1.807, 2.05) is 59.2 Å². The lowest BCUT2D eigenvalue weighted by Crippen LogP contribution is -2.38.